The largest absolute Gasteiger partial charge is 0.389 e. The van der Waals surface area contributed by atoms with Crippen molar-refractivity contribution < 1.29 is 4.79 Å². The summed E-state index contributed by atoms with van der Waals surface area (Å²) in [6.45, 7) is 5.13. The van der Waals surface area contributed by atoms with Crippen LogP contribution in [-0.2, 0) is 4.79 Å². The van der Waals surface area contributed by atoms with Gasteiger partial charge in [-0.15, -0.1) is 11.8 Å². The van der Waals surface area contributed by atoms with E-state index in [0.717, 1.165) is 41.3 Å². The molecule has 0 aliphatic heterocycles. The van der Waals surface area contributed by atoms with Crippen LogP contribution in [0.15, 0.2) is 23.1 Å². The topological polar surface area (TPSA) is 72.3 Å². The lowest BCUT2D eigenvalue weighted by Gasteiger charge is -2.26. The van der Waals surface area contributed by atoms with Gasteiger partial charge in [-0.05, 0) is 24.3 Å². The summed E-state index contributed by atoms with van der Waals surface area (Å²) in [6.07, 6.45) is 2.02. The van der Waals surface area contributed by atoms with Crippen LogP contribution in [0.3, 0.4) is 0 Å². The van der Waals surface area contributed by atoms with Crippen molar-refractivity contribution in [1.29, 1.82) is 0 Å². The average molecular weight is 326 g/mol. The summed E-state index contributed by atoms with van der Waals surface area (Å²) in [5.41, 5.74) is 13.0. The van der Waals surface area contributed by atoms with Crippen LogP contribution in [0.2, 0.25) is 0 Å². The summed E-state index contributed by atoms with van der Waals surface area (Å²) >= 11 is 6.91. The number of nitrogens with two attached hydrogens (primary N) is 2. The monoisotopic (exact) mass is 325 g/mol. The number of primary amides is 1. The van der Waals surface area contributed by atoms with Crippen molar-refractivity contribution >= 4 is 40.6 Å². The number of carbonyl (C=O) groups excluding carboxylic acids is 1. The molecule has 116 valence electrons. The van der Waals surface area contributed by atoms with Gasteiger partial charge in [0.15, 0.2) is 0 Å². The summed E-state index contributed by atoms with van der Waals surface area (Å²) < 4.78 is 0. The third-order valence-corrected chi connectivity index (χ3v) is 4.16. The van der Waals surface area contributed by atoms with E-state index in [1.807, 2.05) is 23.1 Å². The van der Waals surface area contributed by atoms with E-state index in [2.05, 4.69) is 13.8 Å². The van der Waals surface area contributed by atoms with Gasteiger partial charge < -0.3 is 16.4 Å². The number of thioether (sulfide) groups is 1. The molecule has 0 aliphatic rings. The molecule has 0 fully saturated rings. The Morgan fingerprint density at radius 1 is 1.33 bits per heavy atom. The highest BCUT2D eigenvalue weighted by atomic mass is 32.2. The summed E-state index contributed by atoms with van der Waals surface area (Å²) in [5.74, 6) is 0.581. The van der Waals surface area contributed by atoms with Gasteiger partial charge in [0, 0.05) is 22.7 Å². The van der Waals surface area contributed by atoms with Crippen LogP contribution in [-0.4, -0.2) is 29.7 Å². The highest BCUT2D eigenvalue weighted by Gasteiger charge is 2.17. The van der Waals surface area contributed by atoms with E-state index in [4.69, 9.17) is 23.7 Å². The van der Waals surface area contributed by atoms with Crippen LogP contribution < -0.4 is 16.4 Å². The highest BCUT2D eigenvalue weighted by Crippen LogP contribution is 2.31. The van der Waals surface area contributed by atoms with Crippen LogP contribution >= 0.6 is 24.0 Å². The molecular weight excluding hydrogens is 302 g/mol. The molecular formula is C15H23N3OS2. The number of nitrogens with zero attached hydrogens (tertiary/aromatic N) is 1. The minimum atomic E-state index is -0.353. The predicted molar refractivity (Wildman–Crippen MR) is 95.0 cm³/mol. The van der Waals surface area contributed by atoms with E-state index < -0.39 is 0 Å². The Kier molecular flexibility index (Phi) is 7.53. The molecule has 0 spiro atoms. The molecule has 6 heteroatoms. The molecule has 0 saturated heterocycles. The molecule has 0 aliphatic carbocycles. The Balaban J connectivity index is 3.24. The Morgan fingerprint density at radius 3 is 2.57 bits per heavy atom. The van der Waals surface area contributed by atoms with E-state index in [-0.39, 0.29) is 12.5 Å². The maximum Gasteiger partial charge on any atom is 0.236 e. The number of thiocarbonyl (C=S) groups is 1. The van der Waals surface area contributed by atoms with Crippen molar-refractivity contribution in [3.8, 4) is 0 Å². The first kappa shape index (κ1) is 17.8. The van der Waals surface area contributed by atoms with Crippen molar-refractivity contribution in [3.05, 3.63) is 23.8 Å². The summed E-state index contributed by atoms with van der Waals surface area (Å²) in [4.78, 5) is 14.7. The van der Waals surface area contributed by atoms with E-state index >= 15 is 0 Å². The van der Waals surface area contributed by atoms with Gasteiger partial charge in [-0.2, -0.15) is 0 Å². The van der Waals surface area contributed by atoms with Gasteiger partial charge in [0.1, 0.15) is 4.99 Å². The van der Waals surface area contributed by atoms with Gasteiger partial charge in [-0.25, -0.2) is 0 Å². The lowest BCUT2D eigenvalue weighted by molar-refractivity contribution is -0.116. The van der Waals surface area contributed by atoms with Crippen molar-refractivity contribution in [2.45, 2.75) is 31.6 Å². The highest BCUT2D eigenvalue weighted by molar-refractivity contribution is 7.99. The zero-order chi connectivity index (χ0) is 15.8. The van der Waals surface area contributed by atoms with Crippen LogP contribution in [0.5, 0.6) is 0 Å². The van der Waals surface area contributed by atoms with Gasteiger partial charge in [0.25, 0.3) is 0 Å². The van der Waals surface area contributed by atoms with Crippen LogP contribution in [0.1, 0.15) is 32.3 Å². The number of hydrogen-bond acceptors (Lipinski definition) is 4. The predicted octanol–water partition coefficient (Wildman–Crippen LogP) is 2.52. The smallest absolute Gasteiger partial charge is 0.236 e. The summed E-state index contributed by atoms with van der Waals surface area (Å²) in [5, 5.41) is 0. The van der Waals surface area contributed by atoms with Crippen LogP contribution in [0.4, 0.5) is 5.69 Å². The third-order valence-electron chi connectivity index (χ3n) is 3.02. The van der Waals surface area contributed by atoms with Crippen LogP contribution in [0.25, 0.3) is 0 Å². The lowest BCUT2D eigenvalue weighted by Crippen LogP contribution is -2.36. The van der Waals surface area contributed by atoms with Crippen molar-refractivity contribution in [2.75, 3.05) is 23.7 Å². The first-order valence-electron chi connectivity index (χ1n) is 7.10. The first-order valence-corrected chi connectivity index (χ1v) is 8.49. The van der Waals surface area contributed by atoms with Crippen LogP contribution in [0, 0.1) is 0 Å². The Labute approximate surface area is 136 Å². The fourth-order valence-corrected chi connectivity index (χ4v) is 3.25. The first-order chi connectivity index (χ1) is 10.0. The number of benzene rings is 1. The van der Waals surface area contributed by atoms with Gasteiger partial charge in [-0.3, -0.25) is 4.79 Å². The van der Waals surface area contributed by atoms with Gasteiger partial charge >= 0.3 is 0 Å². The standard InChI is InChI=1S/C15H23N3OS2/c1-3-5-9-18(10-13(16)19)11-7-6-8-12(21-4-2)14(11)15(17)20/h6-8H,3-5,9-10H2,1-2H3,(H2,16,19)(H2,17,20). The summed E-state index contributed by atoms with van der Waals surface area (Å²) in [7, 11) is 0. The Hall–Kier alpha value is -1.27. The molecule has 0 saturated carbocycles. The molecule has 0 unspecified atom stereocenters. The number of amides is 1. The number of anilines is 1. The second-order valence-electron chi connectivity index (χ2n) is 4.69. The van der Waals surface area contributed by atoms with E-state index in [1.165, 1.54) is 0 Å². The average Bonchev–Trinajstić information content (AvgIpc) is 2.43. The van der Waals surface area contributed by atoms with E-state index in [1.54, 1.807) is 11.8 Å². The summed E-state index contributed by atoms with van der Waals surface area (Å²) in [6, 6.07) is 5.93. The quantitative estimate of drug-likeness (QED) is 0.539. The molecule has 0 aromatic heterocycles. The fraction of sp³-hybridized carbons (Fsp3) is 0.467. The fourth-order valence-electron chi connectivity index (χ4n) is 2.13. The molecule has 0 radical (unpaired) electrons. The number of unbranched alkanes of at least 4 members (excludes halogenated alkanes) is 1. The second-order valence-corrected chi connectivity index (χ2v) is 6.43. The second kappa shape index (κ2) is 8.89. The zero-order valence-electron chi connectivity index (χ0n) is 12.6. The maximum atomic E-state index is 11.3. The maximum absolute atomic E-state index is 11.3. The normalized spacial score (nSPS) is 10.4. The molecule has 1 aromatic carbocycles. The molecule has 0 heterocycles. The van der Waals surface area contributed by atoms with Crippen molar-refractivity contribution in [2.24, 2.45) is 11.5 Å². The third kappa shape index (κ3) is 5.21. The van der Waals surface area contributed by atoms with Gasteiger partial charge in [0.2, 0.25) is 5.91 Å². The molecule has 4 nitrogen and oxygen atoms in total. The number of carbonyl (C=O) groups is 1. The van der Waals surface area contributed by atoms with Crippen molar-refractivity contribution in [1.82, 2.24) is 0 Å². The molecule has 1 rings (SSSR count). The Morgan fingerprint density at radius 2 is 2.05 bits per heavy atom. The minimum Gasteiger partial charge on any atom is -0.389 e. The minimum absolute atomic E-state index is 0.176. The van der Waals surface area contributed by atoms with Gasteiger partial charge in [0.05, 0.1) is 6.54 Å². The molecule has 1 amide bonds. The Bertz CT molecular complexity index is 506. The van der Waals surface area contributed by atoms with Crippen molar-refractivity contribution in [3.63, 3.8) is 0 Å². The molecule has 1 aromatic rings. The zero-order valence-corrected chi connectivity index (χ0v) is 14.2. The number of hydrogen-bond donors (Lipinski definition) is 2. The number of rotatable bonds is 9. The van der Waals surface area contributed by atoms with Gasteiger partial charge in [-0.1, -0.05) is 38.6 Å². The molecule has 0 bridgehead atoms. The molecule has 21 heavy (non-hydrogen) atoms. The molecule has 4 N–H and O–H groups in total. The lowest BCUT2D eigenvalue weighted by atomic mass is 10.1. The van der Waals surface area contributed by atoms with E-state index in [0.29, 0.717) is 4.99 Å². The molecule has 0 atom stereocenters. The van der Waals surface area contributed by atoms with E-state index in [9.17, 15) is 4.79 Å². The SMILES string of the molecule is CCCCN(CC(N)=O)c1cccc(SCC)c1C(N)=S.